The van der Waals surface area contributed by atoms with Crippen molar-refractivity contribution in [2.75, 3.05) is 25.5 Å². The van der Waals surface area contributed by atoms with Crippen LogP contribution < -0.4 is 20.7 Å². The number of ether oxygens (including phenoxy) is 1. The maximum atomic E-state index is 13.5. The Kier molecular flexibility index (Phi) is 5.76. The van der Waals surface area contributed by atoms with Gasteiger partial charge in [-0.15, -0.1) is 0 Å². The van der Waals surface area contributed by atoms with Crippen LogP contribution in [0.25, 0.3) is 11.1 Å². The summed E-state index contributed by atoms with van der Waals surface area (Å²) in [7, 11) is 1.62. The number of nitrogens with one attached hydrogen (secondary N) is 3. The van der Waals surface area contributed by atoms with Crippen LogP contribution in [0.5, 0.6) is 5.75 Å². The van der Waals surface area contributed by atoms with Crippen molar-refractivity contribution >= 4 is 23.4 Å². The van der Waals surface area contributed by atoms with E-state index in [1.165, 1.54) is 0 Å². The number of rotatable bonds is 4. The standard InChI is InChI=1S/C25H28N4O4/c1-33-18-7-4-15(5-8-18)16-6-9-20-19(13-16)25(32)29-12-10-17(14-22(29)24(31)28-20)27-23(30)21-3-2-11-26-21/h4-9,13,17,21-22,26H,2-3,10-12,14H2,1H3,(H,27,30)(H,28,31). The van der Waals surface area contributed by atoms with Crippen LogP contribution in [0.15, 0.2) is 42.5 Å². The van der Waals surface area contributed by atoms with E-state index in [-0.39, 0.29) is 29.8 Å². The molecule has 0 radical (unpaired) electrons. The number of amides is 3. The Balaban J connectivity index is 1.35. The minimum absolute atomic E-state index is 0.0151. The van der Waals surface area contributed by atoms with Crippen LogP contribution in [0.4, 0.5) is 5.69 Å². The Bertz CT molecular complexity index is 1080. The molecule has 3 atom stereocenters. The van der Waals surface area contributed by atoms with Gasteiger partial charge < -0.3 is 25.6 Å². The van der Waals surface area contributed by atoms with E-state index in [0.717, 1.165) is 36.3 Å². The van der Waals surface area contributed by atoms with Crippen molar-refractivity contribution in [1.29, 1.82) is 0 Å². The first-order valence-electron chi connectivity index (χ1n) is 11.5. The van der Waals surface area contributed by atoms with Gasteiger partial charge in [0.05, 0.1) is 24.4 Å². The van der Waals surface area contributed by atoms with Gasteiger partial charge in [-0.05, 0) is 67.6 Å². The normalized spacial score (nSPS) is 24.4. The van der Waals surface area contributed by atoms with Crippen LogP contribution in [0.3, 0.4) is 0 Å². The second kappa shape index (κ2) is 8.86. The number of methoxy groups -OCH3 is 1. The molecular formula is C25H28N4O4. The van der Waals surface area contributed by atoms with Gasteiger partial charge >= 0.3 is 0 Å². The molecule has 3 unspecified atom stereocenters. The van der Waals surface area contributed by atoms with E-state index in [2.05, 4.69) is 16.0 Å². The Labute approximate surface area is 192 Å². The summed E-state index contributed by atoms with van der Waals surface area (Å²) in [6.07, 6.45) is 2.86. The molecule has 3 N–H and O–H groups in total. The van der Waals surface area contributed by atoms with Crippen molar-refractivity contribution in [3.05, 3.63) is 48.0 Å². The molecule has 8 heteroatoms. The molecule has 172 valence electrons. The summed E-state index contributed by atoms with van der Waals surface area (Å²) in [6.45, 7) is 1.28. The van der Waals surface area contributed by atoms with Crippen LogP contribution in [0, 0.1) is 0 Å². The fourth-order valence-corrected chi connectivity index (χ4v) is 4.96. The minimum Gasteiger partial charge on any atom is -0.497 e. The monoisotopic (exact) mass is 448 g/mol. The molecule has 33 heavy (non-hydrogen) atoms. The Hall–Kier alpha value is -3.39. The van der Waals surface area contributed by atoms with Crippen LogP contribution in [0.1, 0.15) is 36.0 Å². The molecule has 2 aromatic carbocycles. The van der Waals surface area contributed by atoms with Crippen LogP contribution in [0.2, 0.25) is 0 Å². The van der Waals surface area contributed by atoms with Crippen LogP contribution >= 0.6 is 0 Å². The third-order valence-corrected chi connectivity index (χ3v) is 6.82. The predicted molar refractivity (Wildman–Crippen MR) is 124 cm³/mol. The molecule has 3 aliphatic heterocycles. The van der Waals surface area contributed by atoms with Crippen molar-refractivity contribution in [2.24, 2.45) is 0 Å². The molecule has 0 aromatic heterocycles. The number of benzene rings is 2. The number of anilines is 1. The molecule has 0 bridgehead atoms. The second-order valence-electron chi connectivity index (χ2n) is 8.87. The summed E-state index contributed by atoms with van der Waals surface area (Å²) in [6, 6.07) is 12.3. The Morgan fingerprint density at radius 1 is 1.09 bits per heavy atom. The van der Waals surface area contributed by atoms with Gasteiger partial charge in [-0.2, -0.15) is 0 Å². The van der Waals surface area contributed by atoms with Gasteiger partial charge in [0.15, 0.2) is 0 Å². The molecule has 2 fully saturated rings. The number of nitrogens with zero attached hydrogens (tertiary/aromatic N) is 1. The summed E-state index contributed by atoms with van der Waals surface area (Å²) in [5.74, 6) is 0.375. The Morgan fingerprint density at radius 3 is 2.61 bits per heavy atom. The molecular weight excluding hydrogens is 420 g/mol. The van der Waals surface area contributed by atoms with Crippen molar-refractivity contribution in [1.82, 2.24) is 15.5 Å². The van der Waals surface area contributed by atoms with Gasteiger partial charge in [0.1, 0.15) is 11.8 Å². The molecule has 2 saturated heterocycles. The third kappa shape index (κ3) is 4.18. The van der Waals surface area contributed by atoms with Crippen molar-refractivity contribution in [2.45, 2.75) is 43.8 Å². The molecule has 0 spiro atoms. The van der Waals surface area contributed by atoms with Crippen molar-refractivity contribution < 1.29 is 19.1 Å². The van der Waals surface area contributed by atoms with Gasteiger partial charge in [0.25, 0.3) is 5.91 Å². The zero-order chi connectivity index (χ0) is 22.9. The van der Waals surface area contributed by atoms with E-state index in [1.54, 1.807) is 18.1 Å². The SMILES string of the molecule is COc1ccc(-c2ccc3c(c2)C(=O)N2CCC(NC(=O)C4CCCN4)CC2C(=O)N3)cc1. The first-order chi connectivity index (χ1) is 16.0. The number of carbonyl (C=O) groups is 3. The van der Waals surface area contributed by atoms with Crippen LogP contribution in [-0.4, -0.2) is 60.9 Å². The minimum atomic E-state index is -0.607. The largest absolute Gasteiger partial charge is 0.497 e. The van der Waals surface area contributed by atoms with Gasteiger partial charge in [0.2, 0.25) is 11.8 Å². The molecule has 5 rings (SSSR count). The molecule has 3 heterocycles. The van der Waals surface area contributed by atoms with E-state index in [1.807, 2.05) is 36.4 Å². The topological polar surface area (TPSA) is 99.8 Å². The Morgan fingerprint density at radius 2 is 1.88 bits per heavy atom. The third-order valence-electron chi connectivity index (χ3n) is 6.82. The molecule has 0 saturated carbocycles. The maximum Gasteiger partial charge on any atom is 0.256 e. The first-order valence-corrected chi connectivity index (χ1v) is 11.5. The fourth-order valence-electron chi connectivity index (χ4n) is 4.96. The highest BCUT2D eigenvalue weighted by molar-refractivity contribution is 6.10. The van der Waals surface area contributed by atoms with Gasteiger partial charge in [-0.1, -0.05) is 18.2 Å². The molecule has 3 aliphatic rings. The predicted octanol–water partition coefficient (Wildman–Crippen LogP) is 2.16. The highest BCUT2D eigenvalue weighted by Gasteiger charge is 2.40. The summed E-state index contributed by atoms with van der Waals surface area (Å²) < 4.78 is 5.22. The van der Waals surface area contributed by atoms with Gasteiger partial charge in [-0.25, -0.2) is 0 Å². The number of hydrogen-bond donors (Lipinski definition) is 3. The molecule has 8 nitrogen and oxygen atoms in total. The van der Waals surface area contributed by atoms with E-state index >= 15 is 0 Å². The van der Waals surface area contributed by atoms with E-state index < -0.39 is 6.04 Å². The number of hydrogen-bond acceptors (Lipinski definition) is 5. The highest BCUT2D eigenvalue weighted by atomic mass is 16.5. The zero-order valence-corrected chi connectivity index (χ0v) is 18.6. The summed E-state index contributed by atoms with van der Waals surface area (Å²) >= 11 is 0. The lowest BCUT2D eigenvalue weighted by Crippen LogP contribution is -2.56. The maximum absolute atomic E-state index is 13.5. The lowest BCUT2D eigenvalue weighted by atomic mass is 9.95. The molecule has 0 aliphatic carbocycles. The molecule has 2 aromatic rings. The van der Waals surface area contributed by atoms with E-state index in [4.69, 9.17) is 4.74 Å². The van der Waals surface area contributed by atoms with Crippen LogP contribution in [-0.2, 0) is 9.59 Å². The van der Waals surface area contributed by atoms with E-state index in [0.29, 0.717) is 30.6 Å². The van der Waals surface area contributed by atoms with Gasteiger partial charge in [-0.3, -0.25) is 14.4 Å². The van der Waals surface area contributed by atoms with Gasteiger partial charge in [0, 0.05) is 12.6 Å². The van der Waals surface area contributed by atoms with E-state index in [9.17, 15) is 14.4 Å². The molecule has 3 amide bonds. The number of piperidine rings is 1. The lowest BCUT2D eigenvalue weighted by Gasteiger charge is -2.37. The van der Waals surface area contributed by atoms with Crippen molar-refractivity contribution in [3.63, 3.8) is 0 Å². The highest BCUT2D eigenvalue weighted by Crippen LogP contribution is 2.32. The first kappa shape index (κ1) is 21.5. The quantitative estimate of drug-likeness (QED) is 0.666. The average molecular weight is 449 g/mol. The summed E-state index contributed by atoms with van der Waals surface area (Å²) in [4.78, 5) is 40.6. The number of carbonyl (C=O) groups excluding carboxylic acids is 3. The lowest BCUT2D eigenvalue weighted by molar-refractivity contribution is -0.126. The fraction of sp³-hybridized carbons (Fsp3) is 0.400. The summed E-state index contributed by atoms with van der Waals surface area (Å²) in [5, 5.41) is 9.21. The summed E-state index contributed by atoms with van der Waals surface area (Å²) in [5.41, 5.74) is 2.85. The smallest absolute Gasteiger partial charge is 0.256 e. The zero-order valence-electron chi connectivity index (χ0n) is 18.6. The van der Waals surface area contributed by atoms with Crippen molar-refractivity contribution in [3.8, 4) is 16.9 Å². The second-order valence-corrected chi connectivity index (χ2v) is 8.87. The number of fused-ring (bicyclic) bond motifs is 2. The average Bonchev–Trinajstić information content (AvgIpc) is 3.36.